The molecule has 0 aliphatic carbocycles. The Bertz CT molecular complexity index is 1770. The largest absolute Gasteiger partial charge is 0.464 e. The van der Waals surface area contributed by atoms with E-state index in [4.69, 9.17) is 16.0 Å². The standard InChI is InChI=1S/C33H37ClN6O3/c1-22(2)35-18-23-6-8-24(9-7-23)31-29-30(37-38(31)3)32(41)40(21-36-29)20-33(42)12-14-39(15-13-33)19-26-11-10-25(17-27(26)34)28-5-4-16-43-28/h4-11,16-17,21-22,35,42H,12-15,18-20H2,1-3H3. The summed E-state index contributed by atoms with van der Waals surface area (Å²) in [5, 5.41) is 20.1. The van der Waals surface area contributed by atoms with E-state index in [0.717, 1.165) is 34.7 Å². The molecule has 224 valence electrons. The van der Waals surface area contributed by atoms with E-state index < -0.39 is 5.60 Å². The van der Waals surface area contributed by atoms with Crippen LogP contribution in [0.25, 0.3) is 33.6 Å². The van der Waals surface area contributed by atoms with E-state index in [-0.39, 0.29) is 12.1 Å². The Labute approximate surface area is 255 Å². The molecule has 1 aliphatic rings. The summed E-state index contributed by atoms with van der Waals surface area (Å²) in [6, 6.07) is 18.4. The highest BCUT2D eigenvalue weighted by molar-refractivity contribution is 6.31. The summed E-state index contributed by atoms with van der Waals surface area (Å²) in [5.41, 5.74) is 4.51. The third-order valence-electron chi connectivity index (χ3n) is 8.26. The monoisotopic (exact) mass is 600 g/mol. The lowest BCUT2D eigenvalue weighted by Crippen LogP contribution is -2.47. The van der Waals surface area contributed by atoms with Crippen molar-refractivity contribution in [1.29, 1.82) is 0 Å². The average molecular weight is 601 g/mol. The summed E-state index contributed by atoms with van der Waals surface area (Å²) in [4.78, 5) is 20.4. The fourth-order valence-electron chi connectivity index (χ4n) is 5.75. The van der Waals surface area contributed by atoms with Gasteiger partial charge >= 0.3 is 0 Å². The van der Waals surface area contributed by atoms with Crippen LogP contribution in [0.2, 0.25) is 5.02 Å². The van der Waals surface area contributed by atoms with Crippen molar-refractivity contribution in [3.8, 4) is 22.6 Å². The molecule has 1 saturated heterocycles. The summed E-state index contributed by atoms with van der Waals surface area (Å²) in [6.45, 7) is 7.27. The highest BCUT2D eigenvalue weighted by Gasteiger charge is 2.33. The Kier molecular flexibility index (Phi) is 8.24. The first-order valence-electron chi connectivity index (χ1n) is 14.7. The molecule has 0 unspecified atom stereocenters. The zero-order chi connectivity index (χ0) is 30.1. The Morgan fingerprint density at radius 3 is 2.49 bits per heavy atom. The van der Waals surface area contributed by atoms with Gasteiger partial charge in [-0.25, -0.2) is 4.98 Å². The third-order valence-corrected chi connectivity index (χ3v) is 8.61. The number of halogens is 1. The van der Waals surface area contributed by atoms with Crippen molar-refractivity contribution < 1.29 is 9.52 Å². The van der Waals surface area contributed by atoms with Crippen molar-refractivity contribution in [2.24, 2.45) is 7.05 Å². The third kappa shape index (κ3) is 6.31. The highest BCUT2D eigenvalue weighted by Crippen LogP contribution is 2.30. The molecule has 2 aromatic carbocycles. The maximum Gasteiger partial charge on any atom is 0.281 e. The number of fused-ring (bicyclic) bond motifs is 1. The minimum Gasteiger partial charge on any atom is -0.464 e. The number of hydrogen-bond acceptors (Lipinski definition) is 7. The van der Waals surface area contributed by atoms with Crippen LogP contribution in [-0.2, 0) is 26.7 Å². The molecular formula is C33H37ClN6O3. The molecule has 43 heavy (non-hydrogen) atoms. The van der Waals surface area contributed by atoms with Crippen molar-refractivity contribution in [2.45, 2.75) is 58.0 Å². The summed E-state index contributed by atoms with van der Waals surface area (Å²) >= 11 is 6.60. The maximum atomic E-state index is 13.5. The van der Waals surface area contributed by atoms with Gasteiger partial charge in [0, 0.05) is 55.4 Å². The minimum atomic E-state index is -1.01. The molecule has 5 aromatic rings. The van der Waals surface area contributed by atoms with E-state index in [1.807, 2.05) is 49.5 Å². The quantitative estimate of drug-likeness (QED) is 0.239. The number of furan rings is 1. The van der Waals surface area contributed by atoms with E-state index >= 15 is 0 Å². The number of hydrogen-bond donors (Lipinski definition) is 2. The number of benzene rings is 2. The van der Waals surface area contributed by atoms with Crippen molar-refractivity contribution in [3.63, 3.8) is 0 Å². The first-order valence-corrected chi connectivity index (χ1v) is 15.1. The van der Waals surface area contributed by atoms with E-state index in [1.54, 1.807) is 17.3 Å². The number of likely N-dealkylation sites (tertiary alicyclic amines) is 1. The number of aromatic nitrogens is 4. The van der Waals surface area contributed by atoms with Gasteiger partial charge in [-0.15, -0.1) is 0 Å². The van der Waals surface area contributed by atoms with Gasteiger partial charge in [-0.1, -0.05) is 61.8 Å². The van der Waals surface area contributed by atoms with Crippen molar-refractivity contribution in [3.05, 3.63) is 93.7 Å². The summed E-state index contributed by atoms with van der Waals surface area (Å²) < 4.78 is 8.69. The molecule has 0 amide bonds. The molecule has 1 aliphatic heterocycles. The number of piperidine rings is 1. The summed E-state index contributed by atoms with van der Waals surface area (Å²) in [7, 11) is 1.83. The van der Waals surface area contributed by atoms with Crippen LogP contribution in [0.5, 0.6) is 0 Å². The number of aliphatic hydroxyl groups is 1. The van der Waals surface area contributed by atoms with Crippen LogP contribution in [0.4, 0.5) is 0 Å². The predicted octanol–water partition coefficient (Wildman–Crippen LogP) is 5.24. The molecule has 10 heteroatoms. The molecule has 1 fully saturated rings. The smallest absolute Gasteiger partial charge is 0.281 e. The lowest BCUT2D eigenvalue weighted by molar-refractivity contribution is -0.0364. The van der Waals surface area contributed by atoms with Crippen molar-refractivity contribution in [1.82, 2.24) is 29.5 Å². The lowest BCUT2D eigenvalue weighted by atomic mass is 9.91. The van der Waals surface area contributed by atoms with Crippen LogP contribution in [-0.4, -0.2) is 54.1 Å². The maximum absolute atomic E-state index is 13.5. The molecule has 9 nitrogen and oxygen atoms in total. The number of aryl methyl sites for hydroxylation is 1. The molecule has 6 rings (SSSR count). The zero-order valence-electron chi connectivity index (χ0n) is 24.8. The molecule has 0 saturated carbocycles. The molecule has 3 aromatic heterocycles. The fraction of sp³-hybridized carbons (Fsp3) is 0.364. The second kappa shape index (κ2) is 12.1. The number of nitrogens with zero attached hydrogens (tertiary/aromatic N) is 5. The van der Waals surface area contributed by atoms with Crippen LogP contribution >= 0.6 is 11.6 Å². The molecule has 4 heterocycles. The first kappa shape index (κ1) is 29.3. The minimum absolute atomic E-state index is 0.171. The highest BCUT2D eigenvalue weighted by atomic mass is 35.5. The van der Waals surface area contributed by atoms with Crippen LogP contribution in [0.1, 0.15) is 37.8 Å². The van der Waals surface area contributed by atoms with Crippen molar-refractivity contribution in [2.75, 3.05) is 13.1 Å². The van der Waals surface area contributed by atoms with Gasteiger partial charge in [0.25, 0.3) is 5.56 Å². The topological polar surface area (TPSA) is 101 Å². The molecule has 0 bridgehead atoms. The Hall–Kier alpha value is -3.76. The molecule has 0 spiro atoms. The normalized spacial score (nSPS) is 15.5. The van der Waals surface area contributed by atoms with Crippen molar-refractivity contribution >= 4 is 22.6 Å². The molecule has 2 N–H and O–H groups in total. The molecular weight excluding hydrogens is 564 g/mol. The van der Waals surface area contributed by atoms with E-state index in [2.05, 4.69) is 46.3 Å². The van der Waals surface area contributed by atoms with E-state index in [9.17, 15) is 9.90 Å². The van der Waals surface area contributed by atoms with Gasteiger partial charge in [0.15, 0.2) is 5.52 Å². The molecule has 0 atom stereocenters. The molecule has 0 radical (unpaired) electrons. The average Bonchev–Trinajstić information content (AvgIpc) is 3.65. The second-order valence-electron chi connectivity index (χ2n) is 11.9. The van der Waals surface area contributed by atoms with Gasteiger partial charge in [0.2, 0.25) is 0 Å². The van der Waals surface area contributed by atoms with E-state index in [0.29, 0.717) is 54.6 Å². The summed E-state index contributed by atoms with van der Waals surface area (Å²) in [6.07, 6.45) is 4.26. The lowest BCUT2D eigenvalue weighted by Gasteiger charge is -2.38. The Morgan fingerprint density at radius 1 is 1.07 bits per heavy atom. The summed E-state index contributed by atoms with van der Waals surface area (Å²) in [5.74, 6) is 0.783. The zero-order valence-corrected chi connectivity index (χ0v) is 25.5. The number of nitrogens with one attached hydrogen (secondary N) is 1. The fourth-order valence-corrected chi connectivity index (χ4v) is 5.99. The van der Waals surface area contributed by atoms with Gasteiger partial charge in [0.05, 0.1) is 30.4 Å². The van der Waals surface area contributed by atoms with Crippen LogP contribution in [0.3, 0.4) is 0 Å². The van der Waals surface area contributed by atoms with E-state index in [1.165, 1.54) is 10.1 Å². The SMILES string of the molecule is CC(C)NCc1ccc(-c2c3ncn(CC4(O)CCN(Cc5ccc(-c6ccco6)cc5Cl)CC4)c(=O)c3nn2C)cc1. The first-order chi connectivity index (χ1) is 20.7. The van der Waals surface area contributed by atoms with Gasteiger partial charge in [-0.05, 0) is 42.2 Å². The van der Waals surface area contributed by atoms with Crippen LogP contribution in [0.15, 0.2) is 76.4 Å². The second-order valence-corrected chi connectivity index (χ2v) is 12.3. The van der Waals surface area contributed by atoms with Gasteiger partial charge in [-0.3, -0.25) is 18.9 Å². The van der Waals surface area contributed by atoms with Crippen LogP contribution < -0.4 is 10.9 Å². The van der Waals surface area contributed by atoms with Crippen LogP contribution in [0, 0.1) is 0 Å². The van der Waals surface area contributed by atoms with Gasteiger partial charge in [-0.2, -0.15) is 5.10 Å². The predicted molar refractivity (Wildman–Crippen MR) is 169 cm³/mol. The number of rotatable bonds is 9. The Balaban J connectivity index is 1.12. The Morgan fingerprint density at radius 2 is 1.81 bits per heavy atom. The van der Waals surface area contributed by atoms with Gasteiger partial charge in [0.1, 0.15) is 11.3 Å². The van der Waals surface area contributed by atoms with Gasteiger partial charge < -0.3 is 14.8 Å².